The SMILES string of the molecule is COc1cccc(C(OC)C(=O)N2CCCS(=O)(=NC(=O)CCn3ccnn3)CC2)c1. The molecule has 2 amide bonds. The summed E-state index contributed by atoms with van der Waals surface area (Å²) in [4.78, 5) is 27.0. The molecule has 1 fully saturated rings. The number of amides is 2. The van der Waals surface area contributed by atoms with E-state index in [1.54, 1.807) is 42.5 Å². The maximum atomic E-state index is 13.2. The number of aromatic nitrogens is 3. The highest BCUT2D eigenvalue weighted by atomic mass is 32.2. The van der Waals surface area contributed by atoms with Crippen LogP contribution in [0.4, 0.5) is 0 Å². The molecule has 2 aromatic rings. The van der Waals surface area contributed by atoms with Crippen LogP contribution in [-0.2, 0) is 30.6 Å². The zero-order valence-corrected chi connectivity index (χ0v) is 18.5. The van der Waals surface area contributed by atoms with Gasteiger partial charge in [-0.1, -0.05) is 17.3 Å². The Morgan fingerprint density at radius 2 is 2.10 bits per heavy atom. The quantitative estimate of drug-likeness (QED) is 0.625. The first-order chi connectivity index (χ1) is 14.9. The van der Waals surface area contributed by atoms with Gasteiger partial charge in [0.1, 0.15) is 5.75 Å². The first-order valence-electron chi connectivity index (χ1n) is 9.99. The van der Waals surface area contributed by atoms with Gasteiger partial charge in [-0.15, -0.1) is 5.10 Å². The normalized spacial score (nSPS) is 20.0. The van der Waals surface area contributed by atoms with Crippen LogP contribution in [0.1, 0.15) is 24.5 Å². The van der Waals surface area contributed by atoms with Gasteiger partial charge in [-0.2, -0.15) is 4.36 Å². The molecule has 1 aromatic carbocycles. The Kier molecular flexibility index (Phi) is 7.75. The molecule has 3 rings (SSSR count). The van der Waals surface area contributed by atoms with Crippen molar-refractivity contribution in [1.29, 1.82) is 0 Å². The summed E-state index contributed by atoms with van der Waals surface area (Å²) >= 11 is 0. The third-order valence-corrected chi connectivity index (χ3v) is 7.32. The summed E-state index contributed by atoms with van der Waals surface area (Å²) in [5, 5.41) is 7.47. The van der Waals surface area contributed by atoms with Gasteiger partial charge >= 0.3 is 0 Å². The van der Waals surface area contributed by atoms with Gasteiger partial charge in [0.15, 0.2) is 6.10 Å². The summed E-state index contributed by atoms with van der Waals surface area (Å²) in [6.07, 6.45) is 2.99. The third-order valence-electron chi connectivity index (χ3n) is 5.03. The molecule has 0 aliphatic carbocycles. The van der Waals surface area contributed by atoms with Crippen molar-refractivity contribution in [3.63, 3.8) is 0 Å². The summed E-state index contributed by atoms with van der Waals surface area (Å²) in [7, 11) is 0.323. The lowest BCUT2D eigenvalue weighted by Gasteiger charge is -2.25. The molecule has 0 radical (unpaired) electrons. The Labute approximate surface area is 181 Å². The van der Waals surface area contributed by atoms with Crippen LogP contribution in [0, 0.1) is 0 Å². The van der Waals surface area contributed by atoms with Crippen molar-refractivity contribution in [1.82, 2.24) is 19.9 Å². The number of rotatable bonds is 7. The highest BCUT2D eigenvalue weighted by molar-refractivity contribution is 7.93. The monoisotopic (exact) mass is 449 g/mol. The lowest BCUT2D eigenvalue weighted by Crippen LogP contribution is -2.37. The number of nitrogens with zero attached hydrogens (tertiary/aromatic N) is 5. The van der Waals surface area contributed by atoms with E-state index in [1.807, 2.05) is 0 Å². The molecule has 1 saturated heterocycles. The first-order valence-corrected chi connectivity index (χ1v) is 11.8. The fraction of sp³-hybridized carbons (Fsp3) is 0.500. The molecule has 168 valence electrons. The van der Waals surface area contributed by atoms with Gasteiger partial charge < -0.3 is 14.4 Å². The molecule has 0 spiro atoms. The second-order valence-electron chi connectivity index (χ2n) is 7.15. The minimum Gasteiger partial charge on any atom is -0.497 e. The van der Waals surface area contributed by atoms with Gasteiger partial charge in [0.05, 0.1) is 29.6 Å². The van der Waals surface area contributed by atoms with Crippen LogP contribution in [0.2, 0.25) is 0 Å². The summed E-state index contributed by atoms with van der Waals surface area (Å²) < 4.78 is 29.4. The minimum absolute atomic E-state index is 0.102. The highest BCUT2D eigenvalue weighted by Crippen LogP contribution is 2.24. The van der Waals surface area contributed by atoms with Gasteiger partial charge in [-0.25, -0.2) is 4.21 Å². The molecule has 0 N–H and O–H groups in total. The Balaban J connectivity index is 1.65. The van der Waals surface area contributed by atoms with E-state index < -0.39 is 21.7 Å². The van der Waals surface area contributed by atoms with E-state index >= 15 is 0 Å². The van der Waals surface area contributed by atoms with Gasteiger partial charge in [0.2, 0.25) is 0 Å². The summed E-state index contributed by atoms with van der Waals surface area (Å²) in [5.74, 6) is 0.433. The Morgan fingerprint density at radius 1 is 1.26 bits per heavy atom. The van der Waals surface area contributed by atoms with Crippen molar-refractivity contribution in [2.75, 3.05) is 38.8 Å². The number of hydrogen-bond acceptors (Lipinski definition) is 7. The standard InChI is InChI=1S/C20H27N5O5S/c1-29-17-6-3-5-16(15-17)19(30-2)20(27)24-9-4-13-31(28,14-12-24)22-18(26)7-10-25-11-8-21-23-25/h3,5-6,8,11,15,19H,4,7,9-10,12-14H2,1-2H3. The van der Waals surface area contributed by atoms with E-state index in [4.69, 9.17) is 9.47 Å². The molecule has 31 heavy (non-hydrogen) atoms. The zero-order chi connectivity index (χ0) is 22.3. The maximum absolute atomic E-state index is 13.2. The topological polar surface area (TPSA) is 116 Å². The van der Waals surface area contributed by atoms with Crippen molar-refractivity contribution >= 4 is 21.5 Å². The zero-order valence-electron chi connectivity index (χ0n) is 17.7. The molecule has 10 nitrogen and oxygen atoms in total. The van der Waals surface area contributed by atoms with E-state index in [-0.39, 0.29) is 30.4 Å². The molecule has 1 aromatic heterocycles. The fourth-order valence-corrected chi connectivity index (χ4v) is 5.34. The largest absolute Gasteiger partial charge is 0.497 e. The van der Waals surface area contributed by atoms with Crippen LogP contribution < -0.4 is 4.74 Å². The number of methoxy groups -OCH3 is 2. The maximum Gasteiger partial charge on any atom is 0.256 e. The lowest BCUT2D eigenvalue weighted by molar-refractivity contribution is -0.142. The van der Waals surface area contributed by atoms with E-state index in [9.17, 15) is 13.8 Å². The van der Waals surface area contributed by atoms with Gasteiger partial charge in [-0.05, 0) is 24.1 Å². The Hall–Kier alpha value is -2.79. The van der Waals surface area contributed by atoms with Crippen LogP contribution >= 0.6 is 0 Å². The molecule has 0 bridgehead atoms. The molecular weight excluding hydrogens is 422 g/mol. The van der Waals surface area contributed by atoms with E-state index in [0.717, 1.165) is 0 Å². The molecule has 0 saturated carbocycles. The highest BCUT2D eigenvalue weighted by Gasteiger charge is 2.29. The van der Waals surface area contributed by atoms with Crippen molar-refractivity contribution in [3.8, 4) is 5.75 Å². The van der Waals surface area contributed by atoms with Gasteiger partial charge in [-0.3, -0.25) is 14.3 Å². The van der Waals surface area contributed by atoms with Crippen LogP contribution in [0.3, 0.4) is 0 Å². The number of carbonyl (C=O) groups excluding carboxylic acids is 2. The molecule has 2 unspecified atom stereocenters. The molecule has 1 aliphatic rings. The lowest BCUT2D eigenvalue weighted by atomic mass is 10.1. The smallest absolute Gasteiger partial charge is 0.256 e. The predicted octanol–water partition coefficient (Wildman–Crippen LogP) is 1.29. The number of hydrogen-bond donors (Lipinski definition) is 0. The molecule has 1 aliphatic heterocycles. The van der Waals surface area contributed by atoms with E-state index in [1.165, 1.54) is 18.0 Å². The minimum atomic E-state index is -2.72. The fourth-order valence-electron chi connectivity index (χ4n) is 3.40. The Bertz CT molecular complexity index is 1020. The van der Waals surface area contributed by atoms with Crippen molar-refractivity contribution in [2.45, 2.75) is 25.5 Å². The number of ether oxygens (including phenoxy) is 2. The average molecular weight is 450 g/mol. The summed E-state index contributed by atoms with van der Waals surface area (Å²) in [6, 6.07) is 7.16. The summed E-state index contributed by atoms with van der Waals surface area (Å²) in [6.45, 7) is 1.02. The second-order valence-corrected chi connectivity index (χ2v) is 9.70. The third kappa shape index (κ3) is 6.11. The van der Waals surface area contributed by atoms with Gasteiger partial charge in [0.25, 0.3) is 11.8 Å². The number of carbonyl (C=O) groups is 2. The molecular formula is C20H27N5O5S. The average Bonchev–Trinajstić information content (AvgIpc) is 3.21. The Morgan fingerprint density at radius 3 is 2.81 bits per heavy atom. The summed E-state index contributed by atoms with van der Waals surface area (Å²) in [5.41, 5.74) is 0.685. The van der Waals surface area contributed by atoms with E-state index in [2.05, 4.69) is 14.7 Å². The van der Waals surface area contributed by atoms with Crippen LogP contribution in [-0.4, -0.2) is 74.7 Å². The van der Waals surface area contributed by atoms with Crippen molar-refractivity contribution in [2.24, 2.45) is 4.36 Å². The van der Waals surface area contributed by atoms with E-state index in [0.29, 0.717) is 30.8 Å². The first kappa shape index (κ1) is 22.9. The van der Waals surface area contributed by atoms with Crippen LogP contribution in [0.5, 0.6) is 5.75 Å². The van der Waals surface area contributed by atoms with Crippen molar-refractivity contribution in [3.05, 3.63) is 42.2 Å². The number of aryl methyl sites for hydroxylation is 1. The van der Waals surface area contributed by atoms with Crippen LogP contribution in [0.25, 0.3) is 0 Å². The van der Waals surface area contributed by atoms with Gasteiger partial charge in [0, 0.05) is 44.3 Å². The molecule has 11 heteroatoms. The predicted molar refractivity (Wildman–Crippen MR) is 114 cm³/mol. The molecule has 2 atom stereocenters. The second kappa shape index (κ2) is 10.5. The number of benzene rings is 1. The molecule has 2 heterocycles. The van der Waals surface area contributed by atoms with Crippen LogP contribution in [0.15, 0.2) is 41.0 Å². The van der Waals surface area contributed by atoms with Crippen molar-refractivity contribution < 1.29 is 23.3 Å².